The van der Waals surface area contributed by atoms with Gasteiger partial charge in [0, 0.05) is 55.7 Å². The third-order valence-electron chi connectivity index (χ3n) is 14.3. The van der Waals surface area contributed by atoms with E-state index in [0.29, 0.717) is 87.9 Å². The van der Waals surface area contributed by atoms with Crippen molar-refractivity contribution >= 4 is 27.8 Å². The molecule has 1 amide bonds. The van der Waals surface area contributed by atoms with Crippen molar-refractivity contribution in [1.82, 2.24) is 53.3 Å². The van der Waals surface area contributed by atoms with Crippen molar-refractivity contribution in [2.45, 2.75) is 89.8 Å². The topological polar surface area (TPSA) is 169 Å². The maximum absolute atomic E-state index is 16.4. The smallest absolute Gasteiger partial charge is 0.381 e. The summed E-state index contributed by atoms with van der Waals surface area (Å²) in [5.74, 6) is -1.03. The van der Waals surface area contributed by atoms with Crippen LogP contribution in [0.5, 0.6) is 0 Å². The second-order valence-corrected chi connectivity index (χ2v) is 18.3. The number of hydrogen-bond donors (Lipinski definition) is 1. The highest BCUT2D eigenvalue weighted by Crippen LogP contribution is 2.56. The number of benzene rings is 2. The van der Waals surface area contributed by atoms with Crippen molar-refractivity contribution in [3.8, 4) is 17.2 Å². The van der Waals surface area contributed by atoms with Gasteiger partial charge in [0.2, 0.25) is 0 Å². The third kappa shape index (κ3) is 5.91. The Hall–Kier alpha value is -6.95. The standard InChI is InChI=1S/C47H45F2N11O5/c1-24-19-30(20-25(2)40(24)48)60-42(57-16-15-56(46(57)63)37-10-9-35-31(41(37)49)23-50-59(35)29-5-6-29)39-27(4)55(14-11-33(39)53-60)43(61)38-21-34-36(8-7-32(51-34)28-12-17-64-18-13-28)58(38)47(22-26(47)3)44-52-45(62)65-54-44/h7-10,15-16,19-21,23,26-29H,5-6,11-14,17-18,22H2,1-4H3,(H,52,54,62). The molecule has 0 bridgehead atoms. The number of pyridine rings is 1. The summed E-state index contributed by atoms with van der Waals surface area (Å²) in [5.41, 5.74) is 4.51. The van der Waals surface area contributed by atoms with E-state index in [0.717, 1.165) is 36.9 Å². The van der Waals surface area contributed by atoms with Gasteiger partial charge in [0.15, 0.2) is 11.6 Å². The number of imidazole rings is 1. The summed E-state index contributed by atoms with van der Waals surface area (Å²) in [6, 6.07) is 12.2. The Morgan fingerprint density at radius 2 is 1.66 bits per heavy atom. The first kappa shape index (κ1) is 39.6. The largest absolute Gasteiger partial charge is 0.438 e. The molecular weight excluding hydrogens is 837 g/mol. The lowest BCUT2D eigenvalue weighted by atomic mass is 9.96. The molecule has 1 N–H and O–H groups in total. The molecule has 3 fully saturated rings. The number of nitrogens with one attached hydrogen (secondary N) is 1. The normalized spacial score (nSPS) is 21.2. The van der Waals surface area contributed by atoms with E-state index < -0.39 is 28.8 Å². The van der Waals surface area contributed by atoms with Crippen LogP contribution in [0.4, 0.5) is 8.78 Å². The van der Waals surface area contributed by atoms with Gasteiger partial charge < -0.3 is 14.2 Å². The molecular formula is C47H45F2N11O5. The predicted octanol–water partition coefficient (Wildman–Crippen LogP) is 6.86. The maximum Gasteiger partial charge on any atom is 0.438 e. The van der Waals surface area contributed by atoms with Crippen LogP contribution < -0.4 is 11.4 Å². The number of rotatable bonds is 8. The number of ether oxygens (including phenoxy) is 1. The summed E-state index contributed by atoms with van der Waals surface area (Å²) < 4.78 is 50.3. The van der Waals surface area contributed by atoms with Crippen LogP contribution in [0.3, 0.4) is 0 Å². The average Bonchev–Trinajstić information content (AvgIpc) is 3.83. The zero-order chi connectivity index (χ0) is 44.6. The van der Waals surface area contributed by atoms with Crippen molar-refractivity contribution in [3.63, 3.8) is 0 Å². The number of aromatic amines is 1. The molecule has 2 aliphatic heterocycles. The minimum absolute atomic E-state index is 0.0192. The minimum Gasteiger partial charge on any atom is -0.381 e. The quantitative estimate of drug-likeness (QED) is 0.172. The third-order valence-corrected chi connectivity index (χ3v) is 14.3. The molecule has 8 aromatic rings. The Morgan fingerprint density at radius 3 is 2.37 bits per heavy atom. The predicted molar refractivity (Wildman–Crippen MR) is 233 cm³/mol. The lowest BCUT2D eigenvalue weighted by Gasteiger charge is -2.34. The highest BCUT2D eigenvalue weighted by molar-refractivity contribution is 5.99. The van der Waals surface area contributed by atoms with E-state index in [9.17, 15) is 9.59 Å². The van der Waals surface area contributed by atoms with Crippen LogP contribution in [0.15, 0.2) is 75.2 Å². The summed E-state index contributed by atoms with van der Waals surface area (Å²) in [6.45, 7) is 8.88. The molecule has 4 aliphatic rings. The van der Waals surface area contributed by atoms with E-state index in [-0.39, 0.29) is 41.8 Å². The van der Waals surface area contributed by atoms with E-state index in [2.05, 4.69) is 15.2 Å². The van der Waals surface area contributed by atoms with Crippen LogP contribution in [0.1, 0.15) is 108 Å². The number of fused-ring (bicyclic) bond motifs is 3. The highest BCUT2D eigenvalue weighted by atomic mass is 19.1. The van der Waals surface area contributed by atoms with Crippen molar-refractivity contribution in [3.05, 3.63) is 133 Å². The molecule has 8 heterocycles. The van der Waals surface area contributed by atoms with E-state index in [1.165, 1.54) is 21.5 Å². The Labute approximate surface area is 369 Å². The summed E-state index contributed by atoms with van der Waals surface area (Å²) in [7, 11) is 0. The Bertz CT molecular complexity index is 3370. The SMILES string of the molecule is Cc1cc(-n2nc3c(c2-n2ccn(-c4ccc5c(cnn5C5CC5)c4F)c2=O)C(C)N(C(=O)c2cc4nc(C5CCOCC5)ccc4n2C2(c4noc(=O)[nH]4)CC2C)CC3)cc(C)c1F. The van der Waals surface area contributed by atoms with Gasteiger partial charge in [0.25, 0.3) is 5.91 Å². The van der Waals surface area contributed by atoms with Gasteiger partial charge in [-0.15, -0.1) is 0 Å². The van der Waals surface area contributed by atoms with Gasteiger partial charge >= 0.3 is 11.4 Å². The van der Waals surface area contributed by atoms with E-state index in [1.54, 1.807) is 53.9 Å². The van der Waals surface area contributed by atoms with Gasteiger partial charge in [-0.25, -0.2) is 23.1 Å². The molecule has 332 valence electrons. The number of H-pyrrole nitrogens is 1. The fraction of sp³-hybridized carbons (Fsp3) is 0.383. The summed E-state index contributed by atoms with van der Waals surface area (Å²) in [4.78, 5) is 52.3. The van der Waals surface area contributed by atoms with E-state index in [4.69, 9.17) is 19.3 Å². The number of carbonyl (C=O) groups is 1. The fourth-order valence-electron chi connectivity index (χ4n) is 10.6. The van der Waals surface area contributed by atoms with Gasteiger partial charge in [-0.1, -0.05) is 12.1 Å². The summed E-state index contributed by atoms with van der Waals surface area (Å²) in [6.07, 6.45) is 9.17. The number of amides is 1. The molecule has 3 unspecified atom stereocenters. The van der Waals surface area contributed by atoms with Gasteiger partial charge in [0.1, 0.15) is 22.9 Å². The Kier molecular flexibility index (Phi) is 8.70. The lowest BCUT2D eigenvalue weighted by molar-refractivity contribution is 0.0663. The molecule has 18 heteroatoms. The van der Waals surface area contributed by atoms with Gasteiger partial charge in [0.05, 0.1) is 57.3 Å². The zero-order valence-corrected chi connectivity index (χ0v) is 36.2. The molecule has 1 saturated heterocycles. The van der Waals surface area contributed by atoms with E-state index >= 15 is 13.6 Å². The number of halogens is 2. The molecule has 3 atom stereocenters. The number of aryl methyl sites for hydroxylation is 2. The van der Waals surface area contributed by atoms with Gasteiger partial charge in [-0.2, -0.15) is 10.2 Å². The minimum atomic E-state index is -0.885. The summed E-state index contributed by atoms with van der Waals surface area (Å²) >= 11 is 0. The monoisotopic (exact) mass is 881 g/mol. The first-order valence-corrected chi connectivity index (χ1v) is 22.3. The van der Waals surface area contributed by atoms with Crippen molar-refractivity contribution < 1.29 is 22.8 Å². The average molecular weight is 882 g/mol. The van der Waals surface area contributed by atoms with Gasteiger partial charge in [-0.3, -0.25) is 33.1 Å². The van der Waals surface area contributed by atoms with Crippen LogP contribution in [0.2, 0.25) is 0 Å². The van der Waals surface area contributed by atoms with Crippen LogP contribution in [-0.2, 0) is 16.7 Å². The molecule has 65 heavy (non-hydrogen) atoms. The molecule has 6 aromatic heterocycles. The van der Waals surface area contributed by atoms with E-state index in [1.807, 2.05) is 41.3 Å². The molecule has 12 rings (SSSR count). The fourth-order valence-corrected chi connectivity index (χ4v) is 10.6. The molecule has 2 aromatic carbocycles. The Balaban J connectivity index is 0.998. The number of carbonyl (C=O) groups excluding carboxylic acids is 1. The highest BCUT2D eigenvalue weighted by Gasteiger charge is 2.59. The second kappa shape index (κ2) is 14.3. The second-order valence-electron chi connectivity index (χ2n) is 18.3. The van der Waals surface area contributed by atoms with Crippen LogP contribution in [0.25, 0.3) is 39.1 Å². The number of nitrogens with zero attached hydrogens (tertiary/aromatic N) is 10. The van der Waals surface area contributed by atoms with Gasteiger partial charge in [-0.05, 0) is 112 Å². The molecule has 0 spiro atoms. The van der Waals surface area contributed by atoms with Crippen LogP contribution >= 0.6 is 0 Å². The van der Waals surface area contributed by atoms with Crippen LogP contribution in [-0.4, -0.2) is 79.0 Å². The lowest BCUT2D eigenvalue weighted by Crippen LogP contribution is -2.41. The molecule has 0 radical (unpaired) electrons. The van der Waals surface area contributed by atoms with Crippen molar-refractivity contribution in [2.75, 3.05) is 19.8 Å². The van der Waals surface area contributed by atoms with Crippen molar-refractivity contribution in [1.29, 1.82) is 0 Å². The molecule has 2 aliphatic carbocycles. The Morgan fingerprint density at radius 1 is 0.923 bits per heavy atom. The summed E-state index contributed by atoms with van der Waals surface area (Å²) in [5, 5.41) is 14.0. The first-order chi connectivity index (χ1) is 31.4. The van der Waals surface area contributed by atoms with Crippen LogP contribution in [0, 0.1) is 31.4 Å². The van der Waals surface area contributed by atoms with Crippen molar-refractivity contribution in [2.24, 2.45) is 5.92 Å². The molecule has 16 nitrogen and oxygen atoms in total. The maximum atomic E-state index is 16.4. The zero-order valence-electron chi connectivity index (χ0n) is 36.2. The molecule has 2 saturated carbocycles. The number of hydrogen-bond acceptors (Lipinski definition) is 9. The number of aromatic nitrogens is 10. The first-order valence-electron chi connectivity index (χ1n) is 22.3.